The van der Waals surface area contributed by atoms with Gasteiger partial charge >= 0.3 is 5.97 Å². The van der Waals surface area contributed by atoms with Crippen molar-refractivity contribution in [3.63, 3.8) is 0 Å². The van der Waals surface area contributed by atoms with E-state index in [0.29, 0.717) is 19.3 Å². The molecule has 0 aliphatic carbocycles. The lowest BCUT2D eigenvalue weighted by Gasteiger charge is -2.07. The van der Waals surface area contributed by atoms with E-state index >= 15 is 0 Å². The summed E-state index contributed by atoms with van der Waals surface area (Å²) in [7, 11) is 1.39. The maximum Gasteiger partial charge on any atom is 0.305 e. The van der Waals surface area contributed by atoms with Crippen molar-refractivity contribution >= 4 is 17.6 Å². The molecule has 4 nitrogen and oxygen atoms in total. The minimum absolute atomic E-state index is 0.00355. The van der Waals surface area contributed by atoms with Crippen molar-refractivity contribution in [1.82, 2.24) is 0 Å². The van der Waals surface area contributed by atoms with E-state index < -0.39 is 0 Å². The van der Waals surface area contributed by atoms with Gasteiger partial charge in [0.2, 0.25) is 5.91 Å². The normalized spacial score (nSPS) is 10.1. The summed E-state index contributed by atoms with van der Waals surface area (Å²) in [4.78, 5) is 23.1. The van der Waals surface area contributed by atoms with Crippen LogP contribution in [0, 0.1) is 0 Å². The minimum Gasteiger partial charge on any atom is -0.469 e. The number of methoxy groups -OCH3 is 1. The van der Waals surface area contributed by atoms with Crippen molar-refractivity contribution in [2.45, 2.75) is 25.7 Å². The molecule has 0 spiro atoms. The Bertz CT molecular complexity index is 635. The smallest absolute Gasteiger partial charge is 0.305 e. The second kappa shape index (κ2) is 8.73. The van der Waals surface area contributed by atoms with Crippen LogP contribution < -0.4 is 5.32 Å². The number of nitrogens with one attached hydrogen (secondary N) is 1. The van der Waals surface area contributed by atoms with Crippen LogP contribution >= 0.6 is 0 Å². The Balaban J connectivity index is 1.78. The second-order valence-corrected chi connectivity index (χ2v) is 5.31. The molecule has 2 rings (SSSR count). The van der Waals surface area contributed by atoms with E-state index in [0.717, 1.165) is 23.2 Å². The van der Waals surface area contributed by atoms with Gasteiger partial charge in [-0.3, -0.25) is 9.59 Å². The van der Waals surface area contributed by atoms with E-state index in [4.69, 9.17) is 0 Å². The Kier molecular flexibility index (Phi) is 6.36. The largest absolute Gasteiger partial charge is 0.469 e. The van der Waals surface area contributed by atoms with Crippen molar-refractivity contribution in [2.75, 3.05) is 12.4 Å². The molecule has 2 aromatic rings. The predicted molar refractivity (Wildman–Crippen MR) is 90.2 cm³/mol. The Hall–Kier alpha value is -2.62. The van der Waals surface area contributed by atoms with Gasteiger partial charge in [-0.25, -0.2) is 0 Å². The van der Waals surface area contributed by atoms with Crippen LogP contribution in [0.1, 0.15) is 24.0 Å². The lowest BCUT2D eigenvalue weighted by Crippen LogP contribution is -2.12. The van der Waals surface area contributed by atoms with E-state index in [1.807, 2.05) is 54.6 Å². The first-order valence-corrected chi connectivity index (χ1v) is 7.67. The Morgan fingerprint density at radius 3 is 2.13 bits per heavy atom. The van der Waals surface area contributed by atoms with Crippen LogP contribution in [0.3, 0.4) is 0 Å². The molecular formula is C19H21NO3. The van der Waals surface area contributed by atoms with Gasteiger partial charge in [0.15, 0.2) is 0 Å². The fourth-order valence-corrected chi connectivity index (χ4v) is 2.23. The first-order valence-electron chi connectivity index (χ1n) is 7.67. The van der Waals surface area contributed by atoms with E-state index in [2.05, 4.69) is 10.1 Å². The molecule has 120 valence electrons. The molecule has 0 heterocycles. The average molecular weight is 311 g/mol. The number of hydrogen-bond acceptors (Lipinski definition) is 3. The van der Waals surface area contributed by atoms with Crippen molar-refractivity contribution in [2.24, 2.45) is 0 Å². The number of rotatable bonds is 7. The first kappa shape index (κ1) is 16.7. The van der Waals surface area contributed by atoms with Crippen LogP contribution in [0.2, 0.25) is 0 Å². The maximum atomic E-state index is 12.0. The van der Waals surface area contributed by atoms with Crippen LogP contribution in [0.15, 0.2) is 54.6 Å². The van der Waals surface area contributed by atoms with E-state index in [1.165, 1.54) is 7.11 Å². The molecule has 23 heavy (non-hydrogen) atoms. The average Bonchev–Trinajstić information content (AvgIpc) is 2.60. The monoisotopic (exact) mass is 311 g/mol. The zero-order chi connectivity index (χ0) is 16.5. The van der Waals surface area contributed by atoms with Crippen LogP contribution in [-0.2, 0) is 27.2 Å². The third-order valence-electron chi connectivity index (χ3n) is 3.57. The molecule has 0 atom stereocenters. The predicted octanol–water partition coefficient (Wildman–Crippen LogP) is 3.36. The fraction of sp³-hybridized carbons (Fsp3) is 0.263. The topological polar surface area (TPSA) is 55.4 Å². The molecule has 0 fully saturated rings. The van der Waals surface area contributed by atoms with Crippen LogP contribution in [-0.4, -0.2) is 19.0 Å². The summed E-state index contributed by atoms with van der Waals surface area (Å²) in [5.74, 6) is -0.223. The quantitative estimate of drug-likeness (QED) is 0.798. The SMILES string of the molecule is COC(=O)CCc1ccc(NC(=O)CCc2ccccc2)cc1. The van der Waals surface area contributed by atoms with E-state index in [-0.39, 0.29) is 11.9 Å². The molecule has 0 aliphatic heterocycles. The highest BCUT2D eigenvalue weighted by Gasteiger charge is 2.04. The summed E-state index contributed by atoms with van der Waals surface area (Å²) >= 11 is 0. The highest BCUT2D eigenvalue weighted by molar-refractivity contribution is 5.90. The van der Waals surface area contributed by atoms with Crippen LogP contribution in [0.5, 0.6) is 0 Å². The number of aryl methyl sites for hydroxylation is 2. The van der Waals surface area contributed by atoms with Crippen molar-refractivity contribution in [3.05, 3.63) is 65.7 Å². The number of carbonyl (C=O) groups is 2. The maximum absolute atomic E-state index is 12.0. The fourth-order valence-electron chi connectivity index (χ4n) is 2.23. The lowest BCUT2D eigenvalue weighted by atomic mass is 10.1. The number of benzene rings is 2. The van der Waals surface area contributed by atoms with Gasteiger partial charge in [0.05, 0.1) is 7.11 Å². The zero-order valence-corrected chi connectivity index (χ0v) is 13.2. The molecule has 0 radical (unpaired) electrons. The molecule has 4 heteroatoms. The van der Waals surface area contributed by atoms with Gasteiger partial charge in [0, 0.05) is 18.5 Å². The standard InChI is InChI=1S/C19H21NO3/c1-23-19(22)14-10-16-7-11-17(12-8-16)20-18(21)13-9-15-5-3-2-4-6-15/h2-8,11-12H,9-10,13-14H2,1H3,(H,20,21). The van der Waals surface area contributed by atoms with Gasteiger partial charge < -0.3 is 10.1 Å². The summed E-state index contributed by atoms with van der Waals surface area (Å²) < 4.78 is 4.62. The molecule has 0 unspecified atom stereocenters. The van der Waals surface area contributed by atoms with Crippen molar-refractivity contribution in [1.29, 1.82) is 0 Å². The summed E-state index contributed by atoms with van der Waals surface area (Å²) in [5.41, 5.74) is 2.96. The van der Waals surface area contributed by atoms with E-state index in [1.54, 1.807) is 0 Å². The van der Waals surface area contributed by atoms with Gasteiger partial charge in [0.25, 0.3) is 0 Å². The number of anilines is 1. The third kappa shape index (κ3) is 5.94. The molecule has 0 saturated heterocycles. The van der Waals surface area contributed by atoms with Gasteiger partial charge in [-0.15, -0.1) is 0 Å². The van der Waals surface area contributed by atoms with E-state index in [9.17, 15) is 9.59 Å². The molecule has 0 bridgehead atoms. The summed E-state index contributed by atoms with van der Waals surface area (Å²) in [6.45, 7) is 0. The van der Waals surface area contributed by atoms with Gasteiger partial charge in [-0.2, -0.15) is 0 Å². The molecule has 2 aromatic carbocycles. The number of esters is 1. The van der Waals surface area contributed by atoms with Gasteiger partial charge in [0.1, 0.15) is 0 Å². The molecule has 0 aliphatic rings. The van der Waals surface area contributed by atoms with Gasteiger partial charge in [-0.05, 0) is 36.1 Å². The third-order valence-corrected chi connectivity index (χ3v) is 3.57. The molecule has 0 saturated carbocycles. The Morgan fingerprint density at radius 2 is 1.48 bits per heavy atom. The zero-order valence-electron chi connectivity index (χ0n) is 13.2. The molecule has 1 N–H and O–H groups in total. The number of carbonyl (C=O) groups excluding carboxylic acids is 2. The number of amides is 1. The van der Waals surface area contributed by atoms with Crippen LogP contribution in [0.4, 0.5) is 5.69 Å². The molecule has 0 aromatic heterocycles. The molecular weight excluding hydrogens is 290 g/mol. The van der Waals surface area contributed by atoms with Crippen molar-refractivity contribution in [3.8, 4) is 0 Å². The Labute approximate surface area is 136 Å². The lowest BCUT2D eigenvalue weighted by molar-refractivity contribution is -0.140. The highest BCUT2D eigenvalue weighted by atomic mass is 16.5. The Morgan fingerprint density at radius 1 is 0.870 bits per heavy atom. The first-order chi connectivity index (χ1) is 11.2. The number of ether oxygens (including phenoxy) is 1. The molecule has 1 amide bonds. The summed E-state index contributed by atoms with van der Waals surface area (Å²) in [6.07, 6.45) is 2.17. The summed E-state index contributed by atoms with van der Waals surface area (Å²) in [5, 5.41) is 2.88. The highest BCUT2D eigenvalue weighted by Crippen LogP contribution is 2.12. The second-order valence-electron chi connectivity index (χ2n) is 5.31. The summed E-state index contributed by atoms with van der Waals surface area (Å²) in [6, 6.07) is 17.5. The van der Waals surface area contributed by atoms with Crippen LogP contribution in [0.25, 0.3) is 0 Å². The minimum atomic E-state index is -0.219. The van der Waals surface area contributed by atoms with Crippen molar-refractivity contribution < 1.29 is 14.3 Å². The van der Waals surface area contributed by atoms with Gasteiger partial charge in [-0.1, -0.05) is 42.5 Å². The number of hydrogen-bond donors (Lipinski definition) is 1.